The molecule has 17 heavy (non-hydrogen) atoms. The van der Waals surface area contributed by atoms with Crippen molar-refractivity contribution in [2.24, 2.45) is 5.73 Å². The highest BCUT2D eigenvalue weighted by molar-refractivity contribution is 5.81. The Kier molecular flexibility index (Phi) is 5.21. The van der Waals surface area contributed by atoms with Crippen LogP contribution in [0.25, 0.3) is 0 Å². The van der Waals surface area contributed by atoms with E-state index in [4.69, 9.17) is 10.5 Å². The number of hydrogen-bond donors (Lipinski definition) is 2. The summed E-state index contributed by atoms with van der Waals surface area (Å²) < 4.78 is 4.81. The normalized spacial score (nSPS) is 21.8. The Morgan fingerprint density at radius 2 is 2.29 bits per heavy atom. The van der Waals surface area contributed by atoms with Crippen molar-refractivity contribution in [2.75, 3.05) is 19.7 Å². The van der Waals surface area contributed by atoms with Gasteiger partial charge in [-0.25, -0.2) is 4.79 Å². The molecule has 1 saturated heterocycles. The molecule has 1 aliphatic heterocycles. The number of nitrogens with two attached hydrogens (primary N) is 1. The van der Waals surface area contributed by atoms with Gasteiger partial charge in [-0.1, -0.05) is 0 Å². The minimum atomic E-state index is -0.489. The van der Waals surface area contributed by atoms with E-state index in [-0.39, 0.29) is 11.9 Å². The highest BCUT2D eigenvalue weighted by Gasteiger charge is 2.26. The lowest BCUT2D eigenvalue weighted by molar-refractivity contribution is -0.133. The zero-order valence-corrected chi connectivity index (χ0v) is 10.4. The minimum Gasteiger partial charge on any atom is -0.450 e. The number of carbonyl (C=O) groups is 2. The molecule has 1 fully saturated rings. The first kappa shape index (κ1) is 13.8. The molecule has 2 amide bonds. The van der Waals surface area contributed by atoms with E-state index in [2.05, 4.69) is 5.32 Å². The third kappa shape index (κ3) is 4.22. The summed E-state index contributed by atoms with van der Waals surface area (Å²) in [4.78, 5) is 24.7. The molecule has 0 aromatic rings. The monoisotopic (exact) mass is 243 g/mol. The largest absolute Gasteiger partial charge is 0.450 e. The maximum atomic E-state index is 11.7. The number of rotatable bonds is 3. The van der Waals surface area contributed by atoms with Crippen LogP contribution in [0.2, 0.25) is 0 Å². The average Bonchev–Trinajstić information content (AvgIpc) is 2.28. The maximum Gasteiger partial charge on any atom is 0.407 e. The summed E-state index contributed by atoms with van der Waals surface area (Å²) in [7, 11) is 0. The summed E-state index contributed by atoms with van der Waals surface area (Å²) >= 11 is 0. The standard InChI is InChI=1S/C11H21N3O3/c1-3-17-11(16)13-9-5-4-6-14(7-9)10(15)8(2)12/h8-9H,3-7,12H2,1-2H3,(H,13,16). The third-order valence-electron chi connectivity index (χ3n) is 2.72. The second kappa shape index (κ2) is 6.44. The molecule has 6 heteroatoms. The van der Waals surface area contributed by atoms with Crippen molar-refractivity contribution in [3.8, 4) is 0 Å². The molecular formula is C11H21N3O3. The van der Waals surface area contributed by atoms with Gasteiger partial charge in [0.25, 0.3) is 0 Å². The zero-order chi connectivity index (χ0) is 12.8. The van der Waals surface area contributed by atoms with Crippen LogP contribution in [0.4, 0.5) is 4.79 Å². The van der Waals surface area contributed by atoms with Crippen molar-refractivity contribution >= 4 is 12.0 Å². The molecule has 0 aliphatic carbocycles. The maximum absolute atomic E-state index is 11.7. The van der Waals surface area contributed by atoms with Crippen LogP contribution in [0.3, 0.4) is 0 Å². The average molecular weight is 243 g/mol. The fourth-order valence-electron chi connectivity index (χ4n) is 1.92. The minimum absolute atomic E-state index is 0.0366. The summed E-state index contributed by atoms with van der Waals surface area (Å²) in [6.07, 6.45) is 1.31. The van der Waals surface area contributed by atoms with E-state index >= 15 is 0 Å². The Labute approximate surface area is 101 Å². The van der Waals surface area contributed by atoms with Crippen LogP contribution >= 0.6 is 0 Å². The first-order valence-electron chi connectivity index (χ1n) is 6.02. The summed E-state index contributed by atoms with van der Waals surface area (Å²) in [6.45, 7) is 5.00. The number of nitrogens with zero attached hydrogens (tertiary/aromatic N) is 1. The first-order chi connectivity index (χ1) is 8.04. The second-order valence-electron chi connectivity index (χ2n) is 4.28. The van der Waals surface area contributed by atoms with Gasteiger partial charge in [-0.3, -0.25) is 4.79 Å². The Morgan fingerprint density at radius 3 is 2.88 bits per heavy atom. The van der Waals surface area contributed by atoms with Gasteiger partial charge >= 0.3 is 6.09 Å². The number of likely N-dealkylation sites (tertiary alicyclic amines) is 1. The van der Waals surface area contributed by atoms with Crippen LogP contribution in [0.15, 0.2) is 0 Å². The molecular weight excluding hydrogens is 222 g/mol. The molecule has 0 radical (unpaired) electrons. The summed E-state index contributed by atoms with van der Waals surface area (Å²) in [5.74, 6) is -0.0691. The predicted octanol–water partition coefficient (Wildman–Crippen LogP) is 0.0707. The van der Waals surface area contributed by atoms with E-state index in [1.807, 2.05) is 0 Å². The third-order valence-corrected chi connectivity index (χ3v) is 2.72. The van der Waals surface area contributed by atoms with Crippen LogP contribution in [0, 0.1) is 0 Å². The van der Waals surface area contributed by atoms with Gasteiger partial charge in [-0.2, -0.15) is 0 Å². The van der Waals surface area contributed by atoms with Gasteiger partial charge in [0.1, 0.15) is 0 Å². The lowest BCUT2D eigenvalue weighted by Gasteiger charge is -2.33. The fraction of sp³-hybridized carbons (Fsp3) is 0.818. The van der Waals surface area contributed by atoms with E-state index in [1.54, 1.807) is 18.7 Å². The van der Waals surface area contributed by atoms with Crippen molar-refractivity contribution in [1.82, 2.24) is 10.2 Å². The second-order valence-corrected chi connectivity index (χ2v) is 4.28. The first-order valence-corrected chi connectivity index (χ1v) is 6.02. The molecule has 1 rings (SSSR count). The van der Waals surface area contributed by atoms with Crippen LogP contribution < -0.4 is 11.1 Å². The quantitative estimate of drug-likeness (QED) is 0.734. The van der Waals surface area contributed by atoms with E-state index in [1.165, 1.54) is 0 Å². The Hall–Kier alpha value is -1.30. The number of hydrogen-bond acceptors (Lipinski definition) is 4. The van der Waals surface area contributed by atoms with Crippen molar-refractivity contribution in [2.45, 2.75) is 38.8 Å². The molecule has 98 valence electrons. The molecule has 3 N–H and O–H groups in total. The highest BCUT2D eigenvalue weighted by atomic mass is 16.5. The summed E-state index contributed by atoms with van der Waals surface area (Å²) in [5, 5.41) is 2.75. The molecule has 1 aliphatic rings. The zero-order valence-electron chi connectivity index (χ0n) is 10.4. The Morgan fingerprint density at radius 1 is 1.59 bits per heavy atom. The van der Waals surface area contributed by atoms with Crippen molar-refractivity contribution in [1.29, 1.82) is 0 Å². The van der Waals surface area contributed by atoms with E-state index in [9.17, 15) is 9.59 Å². The van der Waals surface area contributed by atoms with Crippen LogP contribution in [0.1, 0.15) is 26.7 Å². The Balaban J connectivity index is 2.43. The molecule has 6 nitrogen and oxygen atoms in total. The van der Waals surface area contributed by atoms with Crippen LogP contribution in [0.5, 0.6) is 0 Å². The van der Waals surface area contributed by atoms with Gasteiger partial charge in [0.05, 0.1) is 12.6 Å². The van der Waals surface area contributed by atoms with Crippen molar-refractivity contribution in [3.05, 3.63) is 0 Å². The molecule has 2 atom stereocenters. The van der Waals surface area contributed by atoms with Gasteiger partial charge in [0.15, 0.2) is 0 Å². The number of piperidine rings is 1. The van der Waals surface area contributed by atoms with E-state index in [0.29, 0.717) is 19.7 Å². The molecule has 2 unspecified atom stereocenters. The van der Waals surface area contributed by atoms with Gasteiger partial charge in [-0.05, 0) is 26.7 Å². The van der Waals surface area contributed by atoms with Gasteiger partial charge in [-0.15, -0.1) is 0 Å². The smallest absolute Gasteiger partial charge is 0.407 e. The molecule has 1 heterocycles. The molecule has 0 saturated carbocycles. The summed E-state index contributed by atoms with van der Waals surface area (Å²) in [6, 6.07) is -0.526. The van der Waals surface area contributed by atoms with Crippen LogP contribution in [-0.4, -0.2) is 48.7 Å². The Bertz CT molecular complexity index is 281. The number of nitrogens with one attached hydrogen (secondary N) is 1. The number of amides is 2. The van der Waals surface area contributed by atoms with Gasteiger partial charge < -0.3 is 20.7 Å². The van der Waals surface area contributed by atoms with E-state index < -0.39 is 12.1 Å². The molecule has 0 aromatic carbocycles. The van der Waals surface area contributed by atoms with E-state index in [0.717, 1.165) is 12.8 Å². The highest BCUT2D eigenvalue weighted by Crippen LogP contribution is 2.11. The SMILES string of the molecule is CCOC(=O)NC1CCCN(C(=O)C(C)N)C1. The number of ether oxygens (including phenoxy) is 1. The van der Waals surface area contributed by atoms with Gasteiger partial charge in [0.2, 0.25) is 5.91 Å². The topological polar surface area (TPSA) is 84.7 Å². The molecule has 0 aromatic heterocycles. The van der Waals surface area contributed by atoms with Gasteiger partial charge in [0, 0.05) is 19.1 Å². The lowest BCUT2D eigenvalue weighted by Crippen LogP contribution is -2.52. The predicted molar refractivity (Wildman–Crippen MR) is 63.4 cm³/mol. The lowest BCUT2D eigenvalue weighted by atomic mass is 10.1. The fourth-order valence-corrected chi connectivity index (χ4v) is 1.92. The van der Waals surface area contributed by atoms with Crippen molar-refractivity contribution < 1.29 is 14.3 Å². The number of alkyl carbamates (subject to hydrolysis) is 1. The van der Waals surface area contributed by atoms with Crippen molar-refractivity contribution in [3.63, 3.8) is 0 Å². The molecule has 0 bridgehead atoms. The summed E-state index contributed by atoms with van der Waals surface area (Å²) in [5.41, 5.74) is 5.56. The number of carbonyl (C=O) groups excluding carboxylic acids is 2. The molecule has 0 spiro atoms. The van der Waals surface area contributed by atoms with Crippen LogP contribution in [-0.2, 0) is 9.53 Å².